The maximum absolute atomic E-state index is 12.7. The molecule has 28 heavy (non-hydrogen) atoms. The Morgan fingerprint density at radius 2 is 1.71 bits per heavy atom. The van der Waals surface area contributed by atoms with Gasteiger partial charge in [-0.25, -0.2) is 13.4 Å². The molecule has 0 unspecified atom stereocenters. The number of hydrogen-bond acceptors (Lipinski definition) is 4. The van der Waals surface area contributed by atoms with Crippen molar-refractivity contribution >= 4 is 32.5 Å². The van der Waals surface area contributed by atoms with Gasteiger partial charge in [-0.05, 0) is 36.4 Å². The van der Waals surface area contributed by atoms with E-state index >= 15 is 0 Å². The third kappa shape index (κ3) is 3.52. The van der Waals surface area contributed by atoms with Gasteiger partial charge >= 0.3 is 0 Å². The van der Waals surface area contributed by atoms with E-state index in [1.165, 1.54) is 12.1 Å². The molecule has 3 aromatic carbocycles. The number of hydrogen-bond donors (Lipinski definition) is 2. The highest BCUT2D eigenvalue weighted by Crippen LogP contribution is 2.24. The first-order valence-electron chi connectivity index (χ1n) is 8.57. The number of benzene rings is 3. The van der Waals surface area contributed by atoms with Gasteiger partial charge in [-0.1, -0.05) is 36.4 Å². The van der Waals surface area contributed by atoms with E-state index in [1.807, 2.05) is 30.3 Å². The van der Waals surface area contributed by atoms with Crippen molar-refractivity contribution in [3.05, 3.63) is 78.4 Å². The van der Waals surface area contributed by atoms with Crippen LogP contribution in [0.15, 0.2) is 77.7 Å². The number of amides is 1. The van der Waals surface area contributed by atoms with Gasteiger partial charge in [0, 0.05) is 17.5 Å². The van der Waals surface area contributed by atoms with Gasteiger partial charge in [0.2, 0.25) is 0 Å². The quantitative estimate of drug-likeness (QED) is 0.552. The van der Waals surface area contributed by atoms with Gasteiger partial charge in [-0.2, -0.15) is 0 Å². The molecule has 0 fully saturated rings. The third-order valence-electron chi connectivity index (χ3n) is 4.31. The van der Waals surface area contributed by atoms with E-state index in [-0.39, 0.29) is 10.5 Å². The normalized spacial score (nSPS) is 11.5. The zero-order chi connectivity index (χ0) is 19.7. The molecule has 0 saturated heterocycles. The molecular weight excluding hydrogens is 374 g/mol. The molecule has 6 nitrogen and oxygen atoms in total. The van der Waals surface area contributed by atoms with Crippen LogP contribution in [0, 0.1) is 0 Å². The number of nitrogens with zero attached hydrogens (tertiary/aromatic N) is 1. The first kappa shape index (κ1) is 17.9. The second kappa shape index (κ2) is 6.94. The number of sulfone groups is 1. The Morgan fingerprint density at radius 1 is 0.964 bits per heavy atom. The van der Waals surface area contributed by atoms with Crippen LogP contribution >= 0.6 is 0 Å². The Morgan fingerprint density at radius 3 is 2.50 bits per heavy atom. The van der Waals surface area contributed by atoms with Crippen LogP contribution in [0.4, 0.5) is 5.69 Å². The lowest BCUT2D eigenvalue weighted by Crippen LogP contribution is -2.16. The molecule has 140 valence electrons. The zero-order valence-corrected chi connectivity index (χ0v) is 15.8. The fourth-order valence-corrected chi connectivity index (χ4v) is 3.90. The van der Waals surface area contributed by atoms with Crippen LogP contribution in [0.3, 0.4) is 0 Å². The Hall–Kier alpha value is -3.45. The molecule has 0 spiro atoms. The Balaban J connectivity index is 1.65. The number of carbonyl (C=O) groups excluding carboxylic acids is 1. The summed E-state index contributed by atoms with van der Waals surface area (Å²) in [6.07, 6.45) is 1.08. The van der Waals surface area contributed by atoms with Crippen LogP contribution in [-0.2, 0) is 9.84 Å². The highest BCUT2D eigenvalue weighted by Gasteiger charge is 2.18. The third-order valence-corrected chi connectivity index (χ3v) is 5.47. The van der Waals surface area contributed by atoms with Crippen molar-refractivity contribution in [2.45, 2.75) is 4.90 Å². The summed E-state index contributed by atoms with van der Waals surface area (Å²) in [6, 6.07) is 21.1. The smallest absolute Gasteiger partial charge is 0.256 e. The molecular formula is C21H17N3O3S. The summed E-state index contributed by atoms with van der Waals surface area (Å²) in [7, 11) is -3.51. The molecule has 0 aliphatic carbocycles. The largest absolute Gasteiger partial charge is 0.338 e. The number of fused-ring (bicyclic) bond motifs is 1. The first-order valence-corrected chi connectivity index (χ1v) is 10.5. The molecule has 4 aromatic rings. The van der Waals surface area contributed by atoms with Crippen LogP contribution in [0.2, 0.25) is 0 Å². The van der Waals surface area contributed by atoms with Gasteiger partial charge in [0.05, 0.1) is 21.5 Å². The second-order valence-electron chi connectivity index (χ2n) is 6.41. The number of anilines is 1. The maximum atomic E-state index is 12.7. The van der Waals surface area contributed by atoms with Crippen LogP contribution in [0.25, 0.3) is 22.4 Å². The predicted octanol–water partition coefficient (Wildman–Crippen LogP) is 3.89. The summed E-state index contributed by atoms with van der Waals surface area (Å²) in [5, 5.41) is 2.77. The molecule has 2 N–H and O–H groups in total. The lowest BCUT2D eigenvalue weighted by atomic mass is 10.1. The Kier molecular flexibility index (Phi) is 4.44. The lowest BCUT2D eigenvalue weighted by molar-refractivity contribution is 0.102. The van der Waals surface area contributed by atoms with Gasteiger partial charge in [0.1, 0.15) is 5.82 Å². The zero-order valence-electron chi connectivity index (χ0n) is 15.0. The lowest BCUT2D eigenvalue weighted by Gasteiger charge is -2.09. The number of aromatic amines is 1. The monoisotopic (exact) mass is 391 g/mol. The fraction of sp³-hybridized carbons (Fsp3) is 0.0476. The van der Waals surface area contributed by atoms with Crippen LogP contribution < -0.4 is 5.32 Å². The fourth-order valence-electron chi connectivity index (χ4n) is 3.01. The highest BCUT2D eigenvalue weighted by atomic mass is 32.2. The number of para-hydroxylation sites is 2. The minimum absolute atomic E-state index is 0.000869. The summed E-state index contributed by atoms with van der Waals surface area (Å²) in [5.74, 6) is 0.205. The van der Waals surface area contributed by atoms with E-state index in [0.717, 1.165) is 22.9 Å². The summed E-state index contributed by atoms with van der Waals surface area (Å²) >= 11 is 0. The Bertz CT molecular complexity index is 1260. The van der Waals surface area contributed by atoms with Gasteiger partial charge in [0.15, 0.2) is 9.84 Å². The van der Waals surface area contributed by atoms with Crippen molar-refractivity contribution in [3.8, 4) is 11.4 Å². The van der Waals surface area contributed by atoms with Gasteiger partial charge in [0.25, 0.3) is 5.91 Å². The number of rotatable bonds is 4. The van der Waals surface area contributed by atoms with Gasteiger partial charge < -0.3 is 10.3 Å². The SMILES string of the molecule is CS(=O)(=O)c1ccccc1C(=O)Nc1cccc(-c2nc3ccccc3[nH]2)c1. The minimum Gasteiger partial charge on any atom is -0.338 e. The molecule has 0 saturated carbocycles. The summed E-state index contributed by atoms with van der Waals surface area (Å²) in [5.41, 5.74) is 3.25. The average molecular weight is 391 g/mol. The highest BCUT2D eigenvalue weighted by molar-refractivity contribution is 7.90. The number of imidazole rings is 1. The molecule has 1 amide bonds. The van der Waals surface area contributed by atoms with Crippen molar-refractivity contribution in [3.63, 3.8) is 0 Å². The molecule has 0 atom stereocenters. The van der Waals surface area contributed by atoms with Crippen molar-refractivity contribution in [2.24, 2.45) is 0 Å². The average Bonchev–Trinajstić information content (AvgIpc) is 3.12. The first-order chi connectivity index (χ1) is 13.4. The molecule has 0 radical (unpaired) electrons. The number of nitrogens with one attached hydrogen (secondary N) is 2. The van der Waals surface area contributed by atoms with E-state index in [9.17, 15) is 13.2 Å². The topological polar surface area (TPSA) is 91.9 Å². The molecule has 1 heterocycles. The van der Waals surface area contributed by atoms with Gasteiger partial charge in [-0.15, -0.1) is 0 Å². The Labute approximate surface area is 162 Å². The summed E-state index contributed by atoms with van der Waals surface area (Å²) in [6.45, 7) is 0. The number of aromatic nitrogens is 2. The predicted molar refractivity (Wildman–Crippen MR) is 109 cm³/mol. The number of carbonyl (C=O) groups is 1. The minimum atomic E-state index is -3.51. The molecule has 4 rings (SSSR count). The van der Waals surface area contributed by atoms with Crippen LogP contribution in [0.5, 0.6) is 0 Å². The van der Waals surface area contributed by atoms with E-state index in [0.29, 0.717) is 11.5 Å². The molecule has 0 bridgehead atoms. The summed E-state index contributed by atoms with van der Waals surface area (Å²) in [4.78, 5) is 20.5. The van der Waals surface area contributed by atoms with E-state index in [1.54, 1.807) is 30.3 Å². The van der Waals surface area contributed by atoms with Crippen molar-refractivity contribution in [1.82, 2.24) is 9.97 Å². The van der Waals surface area contributed by atoms with Crippen LogP contribution in [-0.4, -0.2) is 30.5 Å². The van der Waals surface area contributed by atoms with E-state index in [4.69, 9.17) is 0 Å². The van der Waals surface area contributed by atoms with Crippen molar-refractivity contribution in [2.75, 3.05) is 11.6 Å². The van der Waals surface area contributed by atoms with Crippen molar-refractivity contribution < 1.29 is 13.2 Å². The van der Waals surface area contributed by atoms with Gasteiger partial charge in [-0.3, -0.25) is 4.79 Å². The van der Waals surface area contributed by atoms with Crippen molar-refractivity contribution in [1.29, 1.82) is 0 Å². The molecule has 1 aromatic heterocycles. The van der Waals surface area contributed by atoms with E-state index < -0.39 is 15.7 Å². The van der Waals surface area contributed by atoms with Crippen LogP contribution in [0.1, 0.15) is 10.4 Å². The number of H-pyrrole nitrogens is 1. The standard InChI is InChI=1S/C21H17N3O3S/c1-28(26,27)19-12-5-2-9-16(19)21(25)22-15-8-6-7-14(13-15)20-23-17-10-3-4-11-18(17)24-20/h2-13H,1H3,(H,22,25)(H,23,24). The molecule has 0 aliphatic heterocycles. The molecule has 0 aliphatic rings. The summed E-state index contributed by atoms with van der Waals surface area (Å²) < 4.78 is 23.9. The maximum Gasteiger partial charge on any atom is 0.256 e. The second-order valence-corrected chi connectivity index (χ2v) is 8.39. The molecule has 7 heteroatoms. The van der Waals surface area contributed by atoms with E-state index in [2.05, 4.69) is 15.3 Å².